The zero-order chi connectivity index (χ0) is 20.1. The van der Waals surface area contributed by atoms with Gasteiger partial charge >= 0.3 is 0 Å². The molecule has 0 saturated carbocycles. The predicted molar refractivity (Wildman–Crippen MR) is 111 cm³/mol. The normalized spacial score (nSPS) is 12.1. The van der Waals surface area contributed by atoms with Crippen LogP contribution in [0.4, 0.5) is 4.39 Å². The smallest absolute Gasteiger partial charge is 0.247 e. The highest BCUT2D eigenvalue weighted by Gasteiger charge is 2.21. The molecule has 3 aromatic carbocycles. The fourth-order valence-electron chi connectivity index (χ4n) is 3.17. The highest BCUT2D eigenvalue weighted by molar-refractivity contribution is 5.51. The second kappa shape index (κ2) is 8.80. The van der Waals surface area contributed by atoms with Gasteiger partial charge in [-0.2, -0.15) is 0 Å². The van der Waals surface area contributed by atoms with Crippen molar-refractivity contribution in [2.24, 2.45) is 0 Å². The molecule has 1 N–H and O–H groups in total. The molecule has 0 aliphatic heterocycles. The van der Waals surface area contributed by atoms with E-state index >= 15 is 0 Å². The molecule has 0 aliphatic carbocycles. The minimum Gasteiger partial charge on any atom is -0.419 e. The van der Waals surface area contributed by atoms with E-state index in [0.29, 0.717) is 18.3 Å². The molecule has 1 unspecified atom stereocenters. The average molecular weight is 387 g/mol. The molecule has 4 aromatic rings. The van der Waals surface area contributed by atoms with Crippen LogP contribution in [0.3, 0.4) is 0 Å². The highest BCUT2D eigenvalue weighted by atomic mass is 19.1. The van der Waals surface area contributed by atoms with Crippen molar-refractivity contribution in [3.8, 4) is 11.5 Å². The van der Waals surface area contributed by atoms with Crippen LogP contribution in [0.1, 0.15) is 28.6 Å². The van der Waals surface area contributed by atoms with Gasteiger partial charge in [0.25, 0.3) is 0 Å². The summed E-state index contributed by atoms with van der Waals surface area (Å²) in [6.07, 6.45) is 0.859. The fraction of sp³-hybridized carbons (Fsp3) is 0.167. The second-order valence-corrected chi connectivity index (χ2v) is 6.99. The number of hydrogen-bond donors (Lipinski definition) is 1. The molecule has 0 bridgehead atoms. The Labute approximate surface area is 169 Å². The lowest BCUT2D eigenvalue weighted by molar-refractivity contribution is 0.440. The number of nitrogens with one attached hydrogen (secondary N) is 1. The van der Waals surface area contributed by atoms with Crippen molar-refractivity contribution >= 4 is 0 Å². The van der Waals surface area contributed by atoms with Crippen LogP contribution in [0.15, 0.2) is 83.3 Å². The maximum atomic E-state index is 13.4. The van der Waals surface area contributed by atoms with Gasteiger partial charge < -0.3 is 9.73 Å². The van der Waals surface area contributed by atoms with Gasteiger partial charge in [0.15, 0.2) is 0 Å². The number of benzene rings is 3. The Bertz CT molecular complexity index is 1040. The number of halogens is 1. The zero-order valence-corrected chi connectivity index (χ0v) is 16.2. The van der Waals surface area contributed by atoms with Crippen LogP contribution in [0.2, 0.25) is 0 Å². The monoisotopic (exact) mass is 387 g/mol. The lowest BCUT2D eigenvalue weighted by Crippen LogP contribution is -2.25. The maximum Gasteiger partial charge on any atom is 0.247 e. The zero-order valence-electron chi connectivity index (χ0n) is 16.2. The van der Waals surface area contributed by atoms with E-state index in [1.165, 1.54) is 23.3 Å². The van der Waals surface area contributed by atoms with Gasteiger partial charge in [0, 0.05) is 12.1 Å². The number of nitrogens with zero attached hydrogens (tertiary/aromatic N) is 2. The third-order valence-electron chi connectivity index (χ3n) is 4.79. The van der Waals surface area contributed by atoms with Crippen LogP contribution in [-0.2, 0) is 6.42 Å². The van der Waals surface area contributed by atoms with Crippen molar-refractivity contribution in [1.29, 1.82) is 0 Å². The van der Waals surface area contributed by atoms with Gasteiger partial charge in [-0.15, -0.1) is 10.2 Å². The summed E-state index contributed by atoms with van der Waals surface area (Å²) in [6.45, 7) is 2.79. The lowest BCUT2D eigenvalue weighted by Gasteiger charge is -2.16. The quantitative estimate of drug-likeness (QED) is 0.479. The van der Waals surface area contributed by atoms with Gasteiger partial charge in [-0.3, -0.25) is 0 Å². The molecular formula is C24H22FN3O. The van der Waals surface area contributed by atoms with E-state index in [4.69, 9.17) is 4.42 Å². The SMILES string of the molecule is Cc1ccc(CCNC(c2ccc(F)cc2)c2nnc(-c3ccccc3)o2)cc1. The molecule has 0 amide bonds. The van der Waals surface area contributed by atoms with E-state index in [1.54, 1.807) is 12.1 Å². The largest absolute Gasteiger partial charge is 0.419 e. The Hall–Kier alpha value is -3.31. The Kier molecular flexibility index (Phi) is 5.77. The van der Waals surface area contributed by atoms with E-state index in [1.807, 2.05) is 30.3 Å². The summed E-state index contributed by atoms with van der Waals surface area (Å²) in [7, 11) is 0. The van der Waals surface area contributed by atoms with E-state index in [9.17, 15) is 4.39 Å². The van der Waals surface area contributed by atoms with Crippen molar-refractivity contribution in [2.45, 2.75) is 19.4 Å². The first-order valence-electron chi connectivity index (χ1n) is 9.62. The predicted octanol–water partition coefficient (Wildman–Crippen LogP) is 5.11. The summed E-state index contributed by atoms with van der Waals surface area (Å²) < 4.78 is 19.4. The van der Waals surface area contributed by atoms with Crippen LogP contribution in [-0.4, -0.2) is 16.7 Å². The van der Waals surface area contributed by atoms with E-state index in [0.717, 1.165) is 17.5 Å². The summed E-state index contributed by atoms with van der Waals surface area (Å²) in [5, 5.41) is 11.9. The summed E-state index contributed by atoms with van der Waals surface area (Å²) in [6, 6.07) is 24.2. The molecule has 4 nitrogen and oxygen atoms in total. The van der Waals surface area contributed by atoms with Crippen molar-refractivity contribution < 1.29 is 8.81 Å². The number of aryl methyl sites for hydroxylation is 1. The molecule has 0 aliphatic rings. The Balaban J connectivity index is 1.54. The van der Waals surface area contributed by atoms with Crippen molar-refractivity contribution in [2.75, 3.05) is 6.54 Å². The standard InChI is InChI=1S/C24H22FN3O/c1-17-7-9-18(10-8-17)15-16-26-22(19-11-13-21(25)14-12-19)24-28-27-23(29-24)20-5-3-2-4-6-20/h2-14,22,26H,15-16H2,1H3. The molecular weight excluding hydrogens is 365 g/mol. The van der Waals surface area contributed by atoms with Crippen LogP contribution in [0.25, 0.3) is 11.5 Å². The van der Waals surface area contributed by atoms with Gasteiger partial charge in [0.1, 0.15) is 11.9 Å². The fourth-order valence-corrected chi connectivity index (χ4v) is 3.17. The first kappa shape index (κ1) is 19.0. The minimum absolute atomic E-state index is 0.275. The molecule has 1 aromatic heterocycles. The number of aromatic nitrogens is 2. The summed E-state index contributed by atoms with van der Waals surface area (Å²) in [5.74, 6) is 0.648. The van der Waals surface area contributed by atoms with Gasteiger partial charge in [-0.1, -0.05) is 60.2 Å². The average Bonchev–Trinajstić information content (AvgIpc) is 3.24. The van der Waals surface area contributed by atoms with Gasteiger partial charge in [-0.05, 0) is 48.7 Å². The Morgan fingerprint density at radius 3 is 2.34 bits per heavy atom. The third-order valence-corrected chi connectivity index (χ3v) is 4.79. The number of hydrogen-bond acceptors (Lipinski definition) is 4. The van der Waals surface area contributed by atoms with Crippen molar-refractivity contribution in [3.63, 3.8) is 0 Å². The van der Waals surface area contributed by atoms with Gasteiger partial charge in [0.05, 0.1) is 0 Å². The molecule has 0 spiro atoms. The molecule has 1 atom stereocenters. The minimum atomic E-state index is -0.314. The summed E-state index contributed by atoms with van der Waals surface area (Å²) in [5.41, 5.74) is 4.23. The topological polar surface area (TPSA) is 51.0 Å². The van der Waals surface area contributed by atoms with E-state index in [-0.39, 0.29) is 11.9 Å². The molecule has 0 radical (unpaired) electrons. The van der Waals surface area contributed by atoms with Crippen LogP contribution >= 0.6 is 0 Å². The first-order valence-corrected chi connectivity index (χ1v) is 9.62. The highest BCUT2D eigenvalue weighted by Crippen LogP contribution is 2.25. The molecule has 146 valence electrons. The van der Waals surface area contributed by atoms with Crippen LogP contribution in [0, 0.1) is 12.7 Å². The van der Waals surface area contributed by atoms with E-state index in [2.05, 4.69) is 46.7 Å². The third kappa shape index (κ3) is 4.76. The second-order valence-electron chi connectivity index (χ2n) is 6.99. The first-order chi connectivity index (χ1) is 14.2. The van der Waals surface area contributed by atoms with Gasteiger partial charge in [-0.25, -0.2) is 4.39 Å². The van der Waals surface area contributed by atoms with Crippen molar-refractivity contribution in [3.05, 3.63) is 107 Å². The molecule has 0 saturated heterocycles. The Morgan fingerprint density at radius 1 is 0.897 bits per heavy atom. The summed E-state index contributed by atoms with van der Waals surface area (Å²) >= 11 is 0. The lowest BCUT2D eigenvalue weighted by atomic mass is 10.1. The van der Waals surface area contributed by atoms with E-state index < -0.39 is 0 Å². The number of rotatable bonds is 7. The van der Waals surface area contributed by atoms with Crippen LogP contribution in [0.5, 0.6) is 0 Å². The molecule has 5 heteroatoms. The van der Waals surface area contributed by atoms with Crippen LogP contribution < -0.4 is 5.32 Å². The Morgan fingerprint density at radius 2 is 1.62 bits per heavy atom. The van der Waals surface area contributed by atoms with Gasteiger partial charge in [0.2, 0.25) is 11.8 Å². The molecule has 0 fully saturated rings. The summed E-state index contributed by atoms with van der Waals surface area (Å²) in [4.78, 5) is 0. The molecule has 1 heterocycles. The molecule has 29 heavy (non-hydrogen) atoms. The van der Waals surface area contributed by atoms with Crippen molar-refractivity contribution in [1.82, 2.24) is 15.5 Å². The molecule has 4 rings (SSSR count). The maximum absolute atomic E-state index is 13.4.